The number of hydrogen-bond donors (Lipinski definition) is 0. The zero-order valence-electron chi connectivity index (χ0n) is 13.1. The molecule has 1 aliphatic rings. The molecule has 1 unspecified atom stereocenters. The molecule has 1 atom stereocenters. The largest absolute Gasteiger partial charge is 0.361 e. The maximum atomic E-state index is 12.9. The molecule has 0 saturated carbocycles. The zero-order valence-corrected chi connectivity index (χ0v) is 15.5. The van der Waals surface area contributed by atoms with Crippen LogP contribution in [0.25, 0.3) is 0 Å². The van der Waals surface area contributed by atoms with Gasteiger partial charge in [0, 0.05) is 23.0 Å². The SMILES string of the molecule is CC(C)c1cc(C2CCCN2S(=O)(=O)c2ccc(Br)cc2)no1. The lowest BCUT2D eigenvalue weighted by atomic mass is 10.1. The van der Waals surface area contributed by atoms with Gasteiger partial charge in [-0.05, 0) is 37.1 Å². The Morgan fingerprint density at radius 2 is 2.00 bits per heavy atom. The molecule has 124 valence electrons. The summed E-state index contributed by atoms with van der Waals surface area (Å²) in [6, 6.07) is 8.36. The topological polar surface area (TPSA) is 63.4 Å². The maximum Gasteiger partial charge on any atom is 0.243 e. The van der Waals surface area contributed by atoms with Crippen molar-refractivity contribution in [2.24, 2.45) is 0 Å². The predicted octanol–water partition coefficient (Wildman–Crippen LogP) is 4.09. The number of nitrogens with zero attached hydrogens (tertiary/aromatic N) is 2. The molecule has 3 rings (SSSR count). The maximum absolute atomic E-state index is 12.9. The van der Waals surface area contributed by atoms with Crippen molar-refractivity contribution in [3.05, 3.63) is 46.3 Å². The first-order valence-corrected chi connectivity index (χ1v) is 9.87. The van der Waals surface area contributed by atoms with Crippen molar-refractivity contribution in [2.45, 2.75) is 43.5 Å². The highest BCUT2D eigenvalue weighted by Gasteiger charge is 2.37. The molecular weight excluding hydrogens is 380 g/mol. The zero-order chi connectivity index (χ0) is 16.6. The summed E-state index contributed by atoms with van der Waals surface area (Å²) in [5.41, 5.74) is 0.701. The molecular formula is C16H19BrN2O3S. The van der Waals surface area contributed by atoms with Gasteiger partial charge in [0.05, 0.1) is 10.9 Å². The van der Waals surface area contributed by atoms with Crippen LogP contribution in [0.4, 0.5) is 0 Å². The van der Waals surface area contributed by atoms with E-state index in [4.69, 9.17) is 4.52 Å². The van der Waals surface area contributed by atoms with Gasteiger partial charge in [0.15, 0.2) is 0 Å². The van der Waals surface area contributed by atoms with E-state index in [1.807, 2.05) is 19.9 Å². The second-order valence-corrected chi connectivity index (χ2v) is 8.84. The van der Waals surface area contributed by atoms with Crippen molar-refractivity contribution in [1.82, 2.24) is 9.46 Å². The molecule has 0 N–H and O–H groups in total. The van der Waals surface area contributed by atoms with Crippen LogP contribution < -0.4 is 0 Å². The van der Waals surface area contributed by atoms with E-state index in [0.29, 0.717) is 17.1 Å². The minimum absolute atomic E-state index is 0.231. The number of aromatic nitrogens is 1. The molecule has 0 radical (unpaired) electrons. The van der Waals surface area contributed by atoms with Crippen LogP contribution in [0, 0.1) is 0 Å². The summed E-state index contributed by atoms with van der Waals surface area (Å²) in [5, 5.41) is 4.10. The minimum Gasteiger partial charge on any atom is -0.361 e. The summed E-state index contributed by atoms with van der Waals surface area (Å²) < 4.78 is 33.6. The third-order valence-electron chi connectivity index (χ3n) is 4.08. The van der Waals surface area contributed by atoms with Crippen molar-refractivity contribution < 1.29 is 12.9 Å². The Bertz CT molecular complexity index is 784. The lowest BCUT2D eigenvalue weighted by molar-refractivity contribution is 0.338. The second-order valence-electron chi connectivity index (χ2n) is 6.04. The van der Waals surface area contributed by atoms with Gasteiger partial charge in [0.25, 0.3) is 0 Å². The van der Waals surface area contributed by atoms with Gasteiger partial charge in [-0.2, -0.15) is 4.31 Å². The van der Waals surface area contributed by atoms with Crippen molar-refractivity contribution >= 4 is 26.0 Å². The molecule has 0 spiro atoms. The van der Waals surface area contributed by atoms with E-state index in [9.17, 15) is 8.42 Å². The Hall–Kier alpha value is -1.18. The van der Waals surface area contributed by atoms with E-state index in [2.05, 4.69) is 21.1 Å². The average molecular weight is 399 g/mol. The molecule has 1 fully saturated rings. The summed E-state index contributed by atoms with van der Waals surface area (Å²) in [7, 11) is -3.53. The molecule has 0 amide bonds. The predicted molar refractivity (Wildman–Crippen MR) is 90.6 cm³/mol. The standard InChI is InChI=1S/C16H19BrN2O3S/c1-11(2)16-10-14(18-22-16)15-4-3-9-19(15)23(20,21)13-7-5-12(17)6-8-13/h5-8,10-11,15H,3-4,9H2,1-2H3. The van der Waals surface area contributed by atoms with E-state index in [0.717, 1.165) is 23.1 Å². The molecule has 0 aliphatic carbocycles. The van der Waals surface area contributed by atoms with E-state index in [-0.39, 0.29) is 12.0 Å². The Morgan fingerprint density at radius 3 is 2.61 bits per heavy atom. The fraction of sp³-hybridized carbons (Fsp3) is 0.438. The molecule has 1 aromatic heterocycles. The van der Waals surface area contributed by atoms with Crippen molar-refractivity contribution in [1.29, 1.82) is 0 Å². The van der Waals surface area contributed by atoms with Crippen LogP contribution in [-0.2, 0) is 10.0 Å². The van der Waals surface area contributed by atoms with Crippen LogP contribution in [-0.4, -0.2) is 24.4 Å². The van der Waals surface area contributed by atoms with Gasteiger partial charge < -0.3 is 4.52 Å². The molecule has 2 aromatic rings. The summed E-state index contributed by atoms with van der Waals surface area (Å²) in [4.78, 5) is 0.306. The van der Waals surface area contributed by atoms with Gasteiger partial charge >= 0.3 is 0 Å². The Kier molecular flexibility index (Phi) is 4.62. The summed E-state index contributed by atoms with van der Waals surface area (Å²) >= 11 is 3.33. The fourth-order valence-corrected chi connectivity index (χ4v) is 4.73. The van der Waals surface area contributed by atoms with Crippen LogP contribution in [0.2, 0.25) is 0 Å². The lowest BCUT2D eigenvalue weighted by Gasteiger charge is -2.22. The van der Waals surface area contributed by atoms with Crippen LogP contribution in [0.1, 0.15) is 50.1 Å². The van der Waals surface area contributed by atoms with Crippen molar-refractivity contribution in [3.63, 3.8) is 0 Å². The number of halogens is 1. The Morgan fingerprint density at radius 1 is 1.30 bits per heavy atom. The third kappa shape index (κ3) is 3.22. The lowest BCUT2D eigenvalue weighted by Crippen LogP contribution is -2.30. The number of sulfonamides is 1. The van der Waals surface area contributed by atoms with Gasteiger partial charge in [-0.3, -0.25) is 0 Å². The van der Waals surface area contributed by atoms with Gasteiger partial charge in [-0.15, -0.1) is 0 Å². The summed E-state index contributed by atoms with van der Waals surface area (Å²) in [6.07, 6.45) is 1.59. The quantitative estimate of drug-likeness (QED) is 0.777. The molecule has 2 heterocycles. The van der Waals surface area contributed by atoms with Crippen LogP contribution in [0.5, 0.6) is 0 Å². The molecule has 0 bridgehead atoms. The second kappa shape index (κ2) is 6.37. The van der Waals surface area contributed by atoms with Crippen LogP contribution >= 0.6 is 15.9 Å². The number of rotatable bonds is 4. The third-order valence-corrected chi connectivity index (χ3v) is 6.53. The molecule has 1 aromatic carbocycles. The van der Waals surface area contributed by atoms with E-state index >= 15 is 0 Å². The number of benzene rings is 1. The Labute approximate surface area is 144 Å². The molecule has 7 heteroatoms. The van der Waals surface area contributed by atoms with Gasteiger partial charge in [0.2, 0.25) is 10.0 Å². The fourth-order valence-electron chi connectivity index (χ4n) is 2.80. The van der Waals surface area contributed by atoms with Gasteiger partial charge in [-0.1, -0.05) is 34.9 Å². The number of hydrogen-bond acceptors (Lipinski definition) is 4. The molecule has 5 nitrogen and oxygen atoms in total. The van der Waals surface area contributed by atoms with Crippen molar-refractivity contribution in [3.8, 4) is 0 Å². The average Bonchev–Trinajstić information content (AvgIpc) is 3.16. The molecule has 1 saturated heterocycles. The minimum atomic E-state index is -3.53. The van der Waals surface area contributed by atoms with Crippen LogP contribution in [0.15, 0.2) is 44.2 Å². The van der Waals surface area contributed by atoms with E-state index < -0.39 is 10.0 Å². The first kappa shape index (κ1) is 16.7. The highest BCUT2D eigenvalue weighted by Crippen LogP contribution is 2.37. The van der Waals surface area contributed by atoms with Gasteiger partial charge in [-0.25, -0.2) is 8.42 Å². The smallest absolute Gasteiger partial charge is 0.243 e. The van der Waals surface area contributed by atoms with Crippen molar-refractivity contribution in [2.75, 3.05) is 6.54 Å². The van der Waals surface area contributed by atoms with E-state index in [1.165, 1.54) is 4.31 Å². The highest BCUT2D eigenvalue weighted by atomic mass is 79.9. The summed E-state index contributed by atoms with van der Waals surface area (Å²) in [6.45, 7) is 4.55. The first-order chi connectivity index (χ1) is 10.9. The highest BCUT2D eigenvalue weighted by molar-refractivity contribution is 9.10. The summed E-state index contributed by atoms with van der Waals surface area (Å²) in [5.74, 6) is 1.02. The normalized spacial score (nSPS) is 19.6. The van der Waals surface area contributed by atoms with E-state index in [1.54, 1.807) is 24.3 Å². The van der Waals surface area contributed by atoms with Gasteiger partial charge in [0.1, 0.15) is 11.5 Å². The molecule has 1 aliphatic heterocycles. The monoisotopic (exact) mass is 398 g/mol. The Balaban J connectivity index is 1.92. The first-order valence-electron chi connectivity index (χ1n) is 7.63. The molecule has 23 heavy (non-hydrogen) atoms. The van der Waals surface area contributed by atoms with Crippen LogP contribution in [0.3, 0.4) is 0 Å².